The first kappa shape index (κ1) is 20.6. The van der Waals surface area contributed by atoms with Gasteiger partial charge in [-0.25, -0.2) is 4.98 Å². The molecule has 0 saturated carbocycles. The zero-order valence-corrected chi connectivity index (χ0v) is 17.5. The molecule has 6 heteroatoms. The van der Waals surface area contributed by atoms with Crippen LogP contribution in [0.25, 0.3) is 11.0 Å². The largest absolute Gasteiger partial charge is 0.355 e. The number of carbonyl (C=O) groups is 2. The van der Waals surface area contributed by atoms with Crippen LogP contribution >= 0.6 is 0 Å². The van der Waals surface area contributed by atoms with E-state index in [4.69, 9.17) is 0 Å². The van der Waals surface area contributed by atoms with Crippen molar-refractivity contribution in [1.29, 1.82) is 0 Å². The fraction of sp³-hybridized carbons (Fsp3) is 0.348. The van der Waals surface area contributed by atoms with E-state index in [-0.39, 0.29) is 24.3 Å². The van der Waals surface area contributed by atoms with Crippen LogP contribution in [0.3, 0.4) is 0 Å². The average molecular weight is 393 g/mol. The zero-order chi connectivity index (χ0) is 21.0. The number of amides is 2. The highest BCUT2D eigenvalue weighted by atomic mass is 16.2. The number of imidazole rings is 1. The number of para-hydroxylation sites is 2. The van der Waals surface area contributed by atoms with Crippen molar-refractivity contribution in [2.45, 2.75) is 40.7 Å². The van der Waals surface area contributed by atoms with Gasteiger partial charge in [0.2, 0.25) is 11.8 Å². The lowest BCUT2D eigenvalue weighted by atomic mass is 10.1. The second kappa shape index (κ2) is 8.90. The van der Waals surface area contributed by atoms with E-state index in [0.717, 1.165) is 33.7 Å². The number of benzene rings is 2. The SMILES string of the molecule is Cc1cc(C)cc(NC(=O)Cn2c(CCNC(=O)C(C)C)nc3ccccc32)c1. The number of aryl methyl sites for hydroxylation is 2. The van der Waals surface area contributed by atoms with Gasteiger partial charge in [-0.1, -0.05) is 32.0 Å². The Morgan fingerprint density at radius 2 is 1.76 bits per heavy atom. The van der Waals surface area contributed by atoms with Crippen molar-refractivity contribution in [2.24, 2.45) is 5.92 Å². The normalized spacial score (nSPS) is 11.1. The standard InChI is InChI=1S/C23H28N4O2/c1-15(2)23(29)24-10-9-21-26-19-7-5-6-8-20(19)27(21)14-22(28)25-18-12-16(3)11-17(4)13-18/h5-8,11-13,15H,9-10,14H2,1-4H3,(H,24,29)(H,25,28). The number of rotatable bonds is 7. The Kier molecular flexibility index (Phi) is 6.32. The predicted molar refractivity (Wildman–Crippen MR) is 116 cm³/mol. The fourth-order valence-electron chi connectivity index (χ4n) is 3.39. The second-order valence-electron chi connectivity index (χ2n) is 7.72. The van der Waals surface area contributed by atoms with Gasteiger partial charge in [0.05, 0.1) is 11.0 Å². The third kappa shape index (κ3) is 5.22. The number of carbonyl (C=O) groups excluding carboxylic acids is 2. The molecule has 0 aliphatic carbocycles. The lowest BCUT2D eigenvalue weighted by Gasteiger charge is -2.12. The molecule has 0 saturated heterocycles. The van der Waals surface area contributed by atoms with Crippen molar-refractivity contribution in [3.05, 3.63) is 59.4 Å². The molecular weight excluding hydrogens is 364 g/mol. The lowest BCUT2D eigenvalue weighted by molar-refractivity contribution is -0.124. The van der Waals surface area contributed by atoms with Crippen molar-refractivity contribution in [3.8, 4) is 0 Å². The minimum atomic E-state index is -0.106. The maximum Gasteiger partial charge on any atom is 0.244 e. The lowest BCUT2D eigenvalue weighted by Crippen LogP contribution is -2.30. The van der Waals surface area contributed by atoms with E-state index < -0.39 is 0 Å². The van der Waals surface area contributed by atoms with E-state index in [0.29, 0.717) is 13.0 Å². The minimum Gasteiger partial charge on any atom is -0.355 e. The fourth-order valence-corrected chi connectivity index (χ4v) is 3.39. The molecule has 3 aromatic rings. The van der Waals surface area contributed by atoms with Crippen molar-refractivity contribution in [1.82, 2.24) is 14.9 Å². The van der Waals surface area contributed by atoms with Crippen LogP contribution in [0.5, 0.6) is 0 Å². The molecule has 0 radical (unpaired) electrons. The summed E-state index contributed by atoms with van der Waals surface area (Å²) in [5.41, 5.74) is 4.76. The summed E-state index contributed by atoms with van der Waals surface area (Å²) >= 11 is 0. The molecule has 29 heavy (non-hydrogen) atoms. The highest BCUT2D eigenvalue weighted by Gasteiger charge is 2.15. The quantitative estimate of drug-likeness (QED) is 0.645. The Balaban J connectivity index is 1.77. The molecule has 1 aromatic heterocycles. The zero-order valence-electron chi connectivity index (χ0n) is 17.5. The molecule has 2 aromatic carbocycles. The molecule has 2 amide bonds. The van der Waals surface area contributed by atoms with Gasteiger partial charge in [-0.05, 0) is 49.2 Å². The van der Waals surface area contributed by atoms with Crippen LogP contribution in [0.15, 0.2) is 42.5 Å². The minimum absolute atomic E-state index is 0.0141. The number of anilines is 1. The summed E-state index contributed by atoms with van der Waals surface area (Å²) in [5.74, 6) is 0.633. The molecule has 0 unspecified atom stereocenters. The third-order valence-electron chi connectivity index (χ3n) is 4.71. The average Bonchev–Trinajstić information content (AvgIpc) is 2.98. The first-order valence-corrected chi connectivity index (χ1v) is 9.93. The third-order valence-corrected chi connectivity index (χ3v) is 4.71. The number of fused-ring (bicyclic) bond motifs is 1. The smallest absolute Gasteiger partial charge is 0.244 e. The van der Waals surface area contributed by atoms with Crippen LogP contribution in [0, 0.1) is 19.8 Å². The van der Waals surface area contributed by atoms with Crippen molar-refractivity contribution in [2.75, 3.05) is 11.9 Å². The topological polar surface area (TPSA) is 76.0 Å². The van der Waals surface area contributed by atoms with Gasteiger partial charge < -0.3 is 15.2 Å². The maximum absolute atomic E-state index is 12.7. The Hall–Kier alpha value is -3.15. The van der Waals surface area contributed by atoms with E-state index in [1.54, 1.807) is 0 Å². The molecule has 6 nitrogen and oxygen atoms in total. The Labute approximate surface area is 171 Å². The van der Waals surface area contributed by atoms with Gasteiger partial charge in [-0.3, -0.25) is 9.59 Å². The van der Waals surface area contributed by atoms with E-state index in [9.17, 15) is 9.59 Å². The summed E-state index contributed by atoms with van der Waals surface area (Å²) in [6.45, 7) is 8.40. The summed E-state index contributed by atoms with van der Waals surface area (Å²) < 4.78 is 1.93. The van der Waals surface area contributed by atoms with Crippen LogP contribution in [-0.2, 0) is 22.6 Å². The molecule has 0 aliphatic heterocycles. The number of nitrogens with zero attached hydrogens (tertiary/aromatic N) is 2. The summed E-state index contributed by atoms with van der Waals surface area (Å²) in [5, 5.41) is 5.90. The van der Waals surface area contributed by atoms with E-state index >= 15 is 0 Å². The second-order valence-corrected chi connectivity index (χ2v) is 7.72. The monoisotopic (exact) mass is 392 g/mol. The van der Waals surface area contributed by atoms with Gasteiger partial charge >= 0.3 is 0 Å². The Morgan fingerprint density at radius 1 is 1.07 bits per heavy atom. The molecule has 0 bridgehead atoms. The molecule has 3 rings (SSSR count). The van der Waals surface area contributed by atoms with Gasteiger partial charge in [0.15, 0.2) is 0 Å². The predicted octanol–water partition coefficient (Wildman–Crippen LogP) is 3.61. The molecule has 152 valence electrons. The van der Waals surface area contributed by atoms with Crippen molar-refractivity contribution < 1.29 is 9.59 Å². The van der Waals surface area contributed by atoms with E-state index in [1.165, 1.54) is 0 Å². The molecule has 0 atom stereocenters. The maximum atomic E-state index is 12.7. The van der Waals surface area contributed by atoms with Gasteiger partial charge in [-0.15, -0.1) is 0 Å². The van der Waals surface area contributed by atoms with Crippen LogP contribution in [0.4, 0.5) is 5.69 Å². The summed E-state index contributed by atoms with van der Waals surface area (Å²) in [4.78, 5) is 29.2. The molecule has 1 heterocycles. The number of hydrogen-bond donors (Lipinski definition) is 2. The van der Waals surface area contributed by atoms with Crippen LogP contribution in [0.1, 0.15) is 30.8 Å². The van der Waals surface area contributed by atoms with Gasteiger partial charge in [-0.2, -0.15) is 0 Å². The molecule has 2 N–H and O–H groups in total. The van der Waals surface area contributed by atoms with Crippen LogP contribution in [0.2, 0.25) is 0 Å². The number of hydrogen-bond acceptors (Lipinski definition) is 3. The summed E-state index contributed by atoms with van der Waals surface area (Å²) in [6, 6.07) is 13.7. The first-order chi connectivity index (χ1) is 13.8. The van der Waals surface area contributed by atoms with Crippen LogP contribution in [-0.4, -0.2) is 27.9 Å². The van der Waals surface area contributed by atoms with Gasteiger partial charge in [0.25, 0.3) is 0 Å². The first-order valence-electron chi connectivity index (χ1n) is 9.93. The van der Waals surface area contributed by atoms with Gasteiger partial charge in [0, 0.05) is 24.6 Å². The Bertz CT molecular complexity index is 1020. The highest BCUT2D eigenvalue weighted by molar-refractivity contribution is 5.92. The van der Waals surface area contributed by atoms with Crippen molar-refractivity contribution >= 4 is 28.5 Å². The van der Waals surface area contributed by atoms with E-state index in [1.807, 2.05) is 68.7 Å². The van der Waals surface area contributed by atoms with Crippen LogP contribution < -0.4 is 10.6 Å². The summed E-state index contributed by atoms with van der Waals surface area (Å²) in [7, 11) is 0. The van der Waals surface area contributed by atoms with E-state index in [2.05, 4.69) is 21.7 Å². The summed E-state index contributed by atoms with van der Waals surface area (Å²) in [6.07, 6.45) is 0.559. The number of aromatic nitrogens is 2. The van der Waals surface area contributed by atoms with Crippen molar-refractivity contribution in [3.63, 3.8) is 0 Å². The molecule has 0 spiro atoms. The number of nitrogens with one attached hydrogen (secondary N) is 2. The molecule has 0 fully saturated rings. The Morgan fingerprint density at radius 3 is 2.45 bits per heavy atom. The van der Waals surface area contributed by atoms with Gasteiger partial charge in [0.1, 0.15) is 12.4 Å². The highest BCUT2D eigenvalue weighted by Crippen LogP contribution is 2.18. The molecule has 0 aliphatic rings. The molecular formula is C23H28N4O2.